The number of H-pyrrole nitrogens is 1. The summed E-state index contributed by atoms with van der Waals surface area (Å²) >= 11 is 2.68. The molecule has 0 radical (unpaired) electrons. The van der Waals surface area contributed by atoms with Crippen molar-refractivity contribution >= 4 is 56.0 Å². The number of nitrogens with zero attached hydrogens (tertiary/aromatic N) is 3. The number of para-hydroxylation sites is 2. The van der Waals surface area contributed by atoms with Gasteiger partial charge in [0, 0.05) is 15.8 Å². The van der Waals surface area contributed by atoms with Crippen molar-refractivity contribution in [3.8, 4) is 0 Å². The molecule has 0 unspecified atom stereocenters. The second kappa shape index (κ2) is 7.16. The van der Waals surface area contributed by atoms with Crippen LogP contribution in [0.25, 0.3) is 26.9 Å². The summed E-state index contributed by atoms with van der Waals surface area (Å²) in [6.45, 7) is 2.02. The van der Waals surface area contributed by atoms with E-state index in [2.05, 4.69) is 15.2 Å². The highest BCUT2D eigenvalue weighted by molar-refractivity contribution is 7.98. The summed E-state index contributed by atoms with van der Waals surface area (Å²) in [5.41, 5.74) is 2.43. The zero-order valence-corrected chi connectivity index (χ0v) is 16.9. The molecule has 6 nitrogen and oxygen atoms in total. The van der Waals surface area contributed by atoms with E-state index in [-0.39, 0.29) is 12.4 Å². The number of aromatic nitrogens is 4. The third-order valence-corrected chi connectivity index (χ3v) is 6.72. The van der Waals surface area contributed by atoms with E-state index in [1.54, 1.807) is 13.0 Å². The van der Waals surface area contributed by atoms with E-state index < -0.39 is 5.97 Å². The van der Waals surface area contributed by atoms with Gasteiger partial charge in [0.05, 0.1) is 17.6 Å². The lowest BCUT2D eigenvalue weighted by Crippen LogP contribution is -2.05. The summed E-state index contributed by atoms with van der Waals surface area (Å²) in [6.07, 6.45) is 0. The van der Waals surface area contributed by atoms with Crippen LogP contribution in [0.1, 0.15) is 22.2 Å². The first kappa shape index (κ1) is 18.1. The predicted octanol–water partition coefficient (Wildman–Crippen LogP) is 5.03. The van der Waals surface area contributed by atoms with Crippen molar-refractivity contribution in [2.24, 2.45) is 0 Å². The molecule has 146 valence electrons. The molecule has 0 aliphatic heterocycles. The Balaban J connectivity index is 1.58. The molecule has 9 heteroatoms. The molecule has 29 heavy (non-hydrogen) atoms. The number of thiophene rings is 1. The number of benzene rings is 2. The minimum absolute atomic E-state index is 0.267. The Morgan fingerprint density at radius 3 is 3.00 bits per heavy atom. The lowest BCUT2D eigenvalue weighted by molar-refractivity contribution is 0.0531. The van der Waals surface area contributed by atoms with Crippen LogP contribution in [-0.4, -0.2) is 32.2 Å². The summed E-state index contributed by atoms with van der Waals surface area (Å²) in [4.78, 5) is 17.4. The van der Waals surface area contributed by atoms with Gasteiger partial charge in [0.2, 0.25) is 5.78 Å². The van der Waals surface area contributed by atoms with Gasteiger partial charge in [-0.1, -0.05) is 30.0 Å². The molecule has 0 amide bonds. The number of nitrogens with one attached hydrogen (secondary N) is 1. The molecule has 0 fully saturated rings. The fourth-order valence-corrected chi connectivity index (χ4v) is 5.55. The SMILES string of the molecule is CCOC(=O)c1sc2cccc(F)c2c1CSc1n[nH]c2nc3ccccc3n12. The normalized spacial score (nSPS) is 11.7. The maximum Gasteiger partial charge on any atom is 0.348 e. The number of carbonyl (C=O) groups excluding carboxylic acids is 1. The second-order valence-corrected chi connectivity index (χ2v) is 8.29. The van der Waals surface area contributed by atoms with Crippen molar-refractivity contribution in [1.29, 1.82) is 0 Å². The van der Waals surface area contributed by atoms with Crippen molar-refractivity contribution in [1.82, 2.24) is 19.6 Å². The third-order valence-electron chi connectivity index (χ3n) is 4.57. The molecule has 1 N–H and O–H groups in total. The van der Waals surface area contributed by atoms with Gasteiger partial charge < -0.3 is 4.74 Å². The van der Waals surface area contributed by atoms with Gasteiger partial charge in [-0.2, -0.15) is 0 Å². The monoisotopic (exact) mass is 426 g/mol. The first-order valence-corrected chi connectivity index (χ1v) is 10.8. The Morgan fingerprint density at radius 2 is 2.14 bits per heavy atom. The van der Waals surface area contributed by atoms with E-state index in [1.165, 1.54) is 29.2 Å². The smallest absolute Gasteiger partial charge is 0.348 e. The Kier molecular flexibility index (Phi) is 4.48. The highest BCUT2D eigenvalue weighted by Gasteiger charge is 2.23. The molecule has 3 aromatic heterocycles. The average Bonchev–Trinajstić information content (AvgIpc) is 3.38. The topological polar surface area (TPSA) is 72.3 Å². The number of esters is 1. The number of carbonyl (C=O) groups is 1. The van der Waals surface area contributed by atoms with Crippen LogP contribution in [0.2, 0.25) is 0 Å². The van der Waals surface area contributed by atoms with Crippen molar-refractivity contribution in [3.63, 3.8) is 0 Å². The standard InChI is InChI=1S/C20H15FN4O2S2/c1-2-27-18(26)17-11(16-12(21)6-5-9-15(16)29-17)10-28-20-24-23-19-22-13-7-3-4-8-14(13)25(19)20/h3-9H,2,10H2,1H3,(H,22,23). The van der Waals surface area contributed by atoms with E-state index in [9.17, 15) is 9.18 Å². The van der Waals surface area contributed by atoms with E-state index in [0.717, 1.165) is 15.7 Å². The van der Waals surface area contributed by atoms with Crippen molar-refractivity contribution in [3.05, 3.63) is 58.7 Å². The number of rotatable bonds is 5. The number of thioether (sulfide) groups is 1. The molecule has 0 bridgehead atoms. The van der Waals surface area contributed by atoms with Crippen LogP contribution in [0.3, 0.4) is 0 Å². The fourth-order valence-electron chi connectivity index (χ4n) is 3.34. The van der Waals surface area contributed by atoms with Gasteiger partial charge in [0.25, 0.3) is 0 Å². The maximum atomic E-state index is 14.6. The Labute approximate surface area is 172 Å². The van der Waals surface area contributed by atoms with Crippen LogP contribution in [0.4, 0.5) is 4.39 Å². The highest BCUT2D eigenvalue weighted by Crippen LogP contribution is 2.37. The van der Waals surface area contributed by atoms with Crippen LogP contribution in [0, 0.1) is 5.82 Å². The third kappa shape index (κ3) is 2.97. The number of hydrogen-bond acceptors (Lipinski definition) is 6. The van der Waals surface area contributed by atoms with Gasteiger partial charge in [-0.15, -0.1) is 16.4 Å². The zero-order valence-electron chi connectivity index (χ0n) is 15.3. The number of aromatic amines is 1. The molecule has 5 aromatic rings. The summed E-state index contributed by atoms with van der Waals surface area (Å²) in [5, 5.41) is 8.44. The lowest BCUT2D eigenvalue weighted by Gasteiger charge is -2.05. The lowest BCUT2D eigenvalue weighted by atomic mass is 10.1. The van der Waals surface area contributed by atoms with Gasteiger partial charge in [-0.05, 0) is 36.8 Å². The fraction of sp³-hybridized carbons (Fsp3) is 0.150. The Hall–Kier alpha value is -2.91. The van der Waals surface area contributed by atoms with Crippen molar-refractivity contribution < 1.29 is 13.9 Å². The van der Waals surface area contributed by atoms with Gasteiger partial charge in [-0.3, -0.25) is 4.40 Å². The number of imidazole rings is 1. The molecule has 0 aliphatic rings. The molecule has 0 atom stereocenters. The van der Waals surface area contributed by atoms with Crippen molar-refractivity contribution in [2.45, 2.75) is 17.8 Å². The molecule has 3 heterocycles. The maximum absolute atomic E-state index is 14.6. The number of hydrogen-bond donors (Lipinski definition) is 1. The quantitative estimate of drug-likeness (QED) is 0.315. The first-order chi connectivity index (χ1) is 14.2. The van der Waals surface area contributed by atoms with Gasteiger partial charge >= 0.3 is 5.97 Å². The molecule has 0 aliphatic carbocycles. The first-order valence-electron chi connectivity index (χ1n) is 8.98. The van der Waals surface area contributed by atoms with Crippen LogP contribution in [-0.2, 0) is 10.5 Å². The zero-order chi connectivity index (χ0) is 20.0. The molecule has 0 spiro atoms. The largest absolute Gasteiger partial charge is 0.462 e. The average molecular weight is 426 g/mol. The summed E-state index contributed by atoms with van der Waals surface area (Å²) in [5.74, 6) is 0.247. The van der Waals surface area contributed by atoms with Crippen LogP contribution in [0.5, 0.6) is 0 Å². The van der Waals surface area contributed by atoms with Gasteiger partial charge in [0.15, 0.2) is 5.16 Å². The molecule has 0 saturated carbocycles. The second-order valence-electron chi connectivity index (χ2n) is 6.30. The van der Waals surface area contributed by atoms with Gasteiger partial charge in [0.1, 0.15) is 10.7 Å². The minimum atomic E-state index is -0.427. The van der Waals surface area contributed by atoms with E-state index in [0.29, 0.717) is 32.5 Å². The van der Waals surface area contributed by atoms with Crippen LogP contribution < -0.4 is 0 Å². The highest BCUT2D eigenvalue weighted by atomic mass is 32.2. The molecule has 2 aromatic carbocycles. The number of ether oxygens (including phenoxy) is 1. The van der Waals surface area contributed by atoms with E-state index >= 15 is 0 Å². The van der Waals surface area contributed by atoms with Gasteiger partial charge in [-0.25, -0.2) is 19.3 Å². The number of fused-ring (bicyclic) bond motifs is 4. The van der Waals surface area contributed by atoms with Crippen LogP contribution in [0.15, 0.2) is 47.6 Å². The van der Waals surface area contributed by atoms with Crippen molar-refractivity contribution in [2.75, 3.05) is 6.61 Å². The Morgan fingerprint density at radius 1 is 1.28 bits per heavy atom. The summed E-state index contributed by atoms with van der Waals surface area (Å²) in [6, 6.07) is 12.7. The molecular weight excluding hydrogens is 411 g/mol. The van der Waals surface area contributed by atoms with E-state index in [1.807, 2.05) is 34.7 Å². The Bertz CT molecular complexity index is 1370. The number of halogens is 1. The molecular formula is C20H15FN4O2S2. The molecule has 0 saturated heterocycles. The van der Waals surface area contributed by atoms with Crippen LogP contribution >= 0.6 is 23.1 Å². The molecule has 5 rings (SSSR count). The predicted molar refractivity (Wildman–Crippen MR) is 112 cm³/mol. The van der Waals surface area contributed by atoms with E-state index in [4.69, 9.17) is 4.74 Å². The minimum Gasteiger partial charge on any atom is -0.462 e. The summed E-state index contributed by atoms with van der Waals surface area (Å²) in [7, 11) is 0. The summed E-state index contributed by atoms with van der Waals surface area (Å²) < 4.78 is 22.4.